The third-order valence-corrected chi connectivity index (χ3v) is 5.67. The number of nitriles is 1. The number of carbonyl (C=O) groups excluding carboxylic acids is 1. The van der Waals surface area contributed by atoms with Crippen molar-refractivity contribution in [1.29, 1.82) is 5.26 Å². The molecule has 1 aromatic heterocycles. The monoisotopic (exact) mass is 378 g/mol. The average Bonchev–Trinajstić information content (AvgIpc) is 3.46. The zero-order chi connectivity index (χ0) is 19.7. The summed E-state index contributed by atoms with van der Waals surface area (Å²) < 4.78 is 5.49. The highest BCUT2D eigenvalue weighted by molar-refractivity contribution is 5.96. The summed E-state index contributed by atoms with van der Waals surface area (Å²) in [4.78, 5) is 15.6. The molecule has 1 aromatic carbocycles. The third kappa shape index (κ3) is 3.55. The van der Waals surface area contributed by atoms with Gasteiger partial charge < -0.3 is 9.64 Å². The molecule has 1 N–H and O–H groups in total. The minimum Gasteiger partial charge on any atom is -0.381 e. The molecule has 1 aliphatic heterocycles. The Morgan fingerprint density at radius 2 is 1.89 bits per heavy atom. The van der Waals surface area contributed by atoms with E-state index in [1.165, 1.54) is 0 Å². The Kier molecular flexibility index (Phi) is 5.19. The van der Waals surface area contributed by atoms with E-state index in [-0.39, 0.29) is 18.0 Å². The van der Waals surface area contributed by atoms with Crippen molar-refractivity contribution in [1.82, 2.24) is 15.1 Å². The number of amides is 1. The quantitative estimate of drug-likeness (QED) is 0.857. The van der Waals surface area contributed by atoms with Gasteiger partial charge in [-0.25, -0.2) is 0 Å². The fourth-order valence-electron chi connectivity index (χ4n) is 4.12. The SMILES string of the molecule is CC(C)N(C(=O)c1[nH]nc(-c2ccc(C#N)cc2)c1C1CC1)C1CCOCC1. The molecule has 6 heteroatoms. The number of carbonyl (C=O) groups is 1. The Hall–Kier alpha value is -2.65. The Bertz CT molecular complexity index is 884. The van der Waals surface area contributed by atoms with Gasteiger partial charge in [0.2, 0.25) is 0 Å². The van der Waals surface area contributed by atoms with Crippen molar-refractivity contribution in [2.45, 2.75) is 57.5 Å². The first-order valence-electron chi connectivity index (χ1n) is 10.1. The number of ether oxygens (including phenoxy) is 1. The molecule has 4 rings (SSSR count). The topological polar surface area (TPSA) is 82.0 Å². The fraction of sp³-hybridized carbons (Fsp3) is 0.500. The van der Waals surface area contributed by atoms with E-state index in [2.05, 4.69) is 30.1 Å². The molecule has 6 nitrogen and oxygen atoms in total. The van der Waals surface area contributed by atoms with E-state index in [1.807, 2.05) is 17.0 Å². The number of rotatable bonds is 5. The maximum absolute atomic E-state index is 13.6. The number of hydrogen-bond acceptors (Lipinski definition) is 4. The van der Waals surface area contributed by atoms with Gasteiger partial charge in [-0.3, -0.25) is 9.89 Å². The summed E-state index contributed by atoms with van der Waals surface area (Å²) in [5.74, 6) is 0.420. The van der Waals surface area contributed by atoms with E-state index in [9.17, 15) is 4.79 Å². The van der Waals surface area contributed by atoms with Gasteiger partial charge >= 0.3 is 0 Å². The van der Waals surface area contributed by atoms with E-state index in [0.717, 1.165) is 42.5 Å². The van der Waals surface area contributed by atoms with Crippen LogP contribution in [-0.2, 0) is 4.74 Å². The molecule has 2 aromatic rings. The van der Waals surface area contributed by atoms with Crippen LogP contribution in [0.3, 0.4) is 0 Å². The molecule has 0 atom stereocenters. The van der Waals surface area contributed by atoms with Crippen LogP contribution in [0.1, 0.15) is 67.1 Å². The standard InChI is InChI=1S/C22H26N4O2/c1-14(2)26(18-9-11-28-12-10-18)22(27)21-19(16-7-8-16)20(24-25-21)17-5-3-15(13-23)4-6-17/h3-6,14,16,18H,7-12H2,1-2H3,(H,24,25). The zero-order valence-electron chi connectivity index (χ0n) is 16.4. The molecule has 146 valence electrons. The normalized spacial score (nSPS) is 17.5. The number of aromatic nitrogens is 2. The summed E-state index contributed by atoms with van der Waals surface area (Å²) in [5.41, 5.74) is 4.06. The molecule has 1 saturated carbocycles. The first kappa shape index (κ1) is 18.7. The Balaban J connectivity index is 1.69. The number of benzene rings is 1. The van der Waals surface area contributed by atoms with E-state index in [4.69, 9.17) is 10.00 Å². The van der Waals surface area contributed by atoms with Gasteiger partial charge in [0.1, 0.15) is 5.69 Å². The second-order valence-corrected chi connectivity index (χ2v) is 7.97. The highest BCUT2D eigenvalue weighted by Crippen LogP contribution is 2.46. The van der Waals surface area contributed by atoms with Crippen molar-refractivity contribution in [2.75, 3.05) is 13.2 Å². The number of nitrogens with zero attached hydrogens (tertiary/aromatic N) is 3. The first-order valence-corrected chi connectivity index (χ1v) is 10.1. The summed E-state index contributed by atoms with van der Waals surface area (Å²) in [6.45, 7) is 5.55. The van der Waals surface area contributed by atoms with Gasteiger partial charge in [0.15, 0.2) is 0 Å². The zero-order valence-corrected chi connectivity index (χ0v) is 16.4. The van der Waals surface area contributed by atoms with Gasteiger partial charge in [-0.05, 0) is 57.6 Å². The Labute approximate surface area is 165 Å². The lowest BCUT2D eigenvalue weighted by Gasteiger charge is -2.37. The summed E-state index contributed by atoms with van der Waals surface area (Å²) >= 11 is 0. The lowest BCUT2D eigenvalue weighted by Crippen LogP contribution is -2.47. The van der Waals surface area contributed by atoms with Gasteiger partial charge in [0, 0.05) is 36.4 Å². The summed E-state index contributed by atoms with van der Waals surface area (Å²) in [5, 5.41) is 16.6. The van der Waals surface area contributed by atoms with Crippen LogP contribution < -0.4 is 0 Å². The van der Waals surface area contributed by atoms with Crippen molar-refractivity contribution in [3.63, 3.8) is 0 Å². The maximum atomic E-state index is 13.6. The molecule has 1 aliphatic carbocycles. The summed E-state index contributed by atoms with van der Waals surface area (Å²) in [6, 6.07) is 9.88. The van der Waals surface area contributed by atoms with Crippen molar-refractivity contribution in [3.05, 3.63) is 41.1 Å². The van der Waals surface area contributed by atoms with Crippen molar-refractivity contribution < 1.29 is 9.53 Å². The number of hydrogen-bond donors (Lipinski definition) is 1. The van der Waals surface area contributed by atoms with Crippen molar-refractivity contribution in [3.8, 4) is 17.3 Å². The fourth-order valence-corrected chi connectivity index (χ4v) is 4.12. The molecule has 28 heavy (non-hydrogen) atoms. The van der Waals surface area contributed by atoms with Crippen LogP contribution in [-0.4, -0.2) is 46.3 Å². The second-order valence-electron chi connectivity index (χ2n) is 7.97. The molecule has 1 saturated heterocycles. The van der Waals surface area contributed by atoms with Crippen LogP contribution in [0.15, 0.2) is 24.3 Å². The highest BCUT2D eigenvalue weighted by atomic mass is 16.5. The van der Waals surface area contributed by atoms with Gasteiger partial charge in [-0.1, -0.05) is 12.1 Å². The largest absolute Gasteiger partial charge is 0.381 e. The van der Waals surface area contributed by atoms with E-state index >= 15 is 0 Å². The number of aromatic amines is 1. The molecular weight excluding hydrogens is 352 g/mol. The first-order chi connectivity index (χ1) is 13.6. The van der Waals surface area contributed by atoms with Gasteiger partial charge in [0.25, 0.3) is 5.91 Å². The number of H-pyrrole nitrogens is 1. The molecule has 2 aliphatic rings. The number of nitrogens with one attached hydrogen (secondary N) is 1. The van der Waals surface area contributed by atoms with Crippen LogP contribution in [0, 0.1) is 11.3 Å². The third-order valence-electron chi connectivity index (χ3n) is 5.67. The summed E-state index contributed by atoms with van der Waals surface area (Å²) in [6.07, 6.45) is 3.92. The maximum Gasteiger partial charge on any atom is 0.272 e. The van der Waals surface area contributed by atoms with Crippen molar-refractivity contribution >= 4 is 5.91 Å². The van der Waals surface area contributed by atoms with Gasteiger partial charge in [-0.15, -0.1) is 0 Å². The van der Waals surface area contributed by atoms with Crippen LogP contribution in [0.5, 0.6) is 0 Å². The van der Waals surface area contributed by atoms with Gasteiger partial charge in [-0.2, -0.15) is 10.4 Å². The molecule has 0 spiro atoms. The minimum absolute atomic E-state index is 0.0381. The molecule has 0 unspecified atom stereocenters. The van der Waals surface area contributed by atoms with E-state index in [1.54, 1.807) is 12.1 Å². The lowest BCUT2D eigenvalue weighted by atomic mass is 9.99. The predicted octanol–water partition coefficient (Wildman–Crippen LogP) is 3.86. The minimum atomic E-state index is 0.0381. The molecule has 1 amide bonds. The molecule has 2 fully saturated rings. The molecule has 0 bridgehead atoms. The highest BCUT2D eigenvalue weighted by Gasteiger charge is 2.37. The van der Waals surface area contributed by atoms with E-state index in [0.29, 0.717) is 30.4 Å². The van der Waals surface area contributed by atoms with Crippen LogP contribution >= 0.6 is 0 Å². The molecule has 0 radical (unpaired) electrons. The van der Waals surface area contributed by atoms with Crippen LogP contribution in [0.2, 0.25) is 0 Å². The molecular formula is C22H26N4O2. The van der Waals surface area contributed by atoms with Crippen LogP contribution in [0.4, 0.5) is 0 Å². The Morgan fingerprint density at radius 1 is 1.21 bits per heavy atom. The van der Waals surface area contributed by atoms with E-state index < -0.39 is 0 Å². The summed E-state index contributed by atoms with van der Waals surface area (Å²) in [7, 11) is 0. The van der Waals surface area contributed by atoms with Crippen molar-refractivity contribution in [2.24, 2.45) is 0 Å². The van der Waals surface area contributed by atoms with Gasteiger partial charge in [0.05, 0.1) is 17.3 Å². The van der Waals surface area contributed by atoms with Crippen LogP contribution in [0.25, 0.3) is 11.3 Å². The lowest BCUT2D eigenvalue weighted by molar-refractivity contribution is 0.0202. The average molecular weight is 378 g/mol. The smallest absolute Gasteiger partial charge is 0.272 e. The Morgan fingerprint density at radius 3 is 2.46 bits per heavy atom. The molecule has 2 heterocycles. The predicted molar refractivity (Wildman–Crippen MR) is 106 cm³/mol. The second kappa shape index (κ2) is 7.76.